The maximum atomic E-state index is 13.6. The summed E-state index contributed by atoms with van der Waals surface area (Å²) in [5.74, 6) is 0. The van der Waals surface area contributed by atoms with Crippen molar-refractivity contribution < 1.29 is 8.42 Å². The molecule has 0 amide bonds. The second kappa shape index (κ2) is 8.57. The molecular formula is C25H19BrClN3O2S. The topological polar surface area (TPSA) is 62.3 Å². The van der Waals surface area contributed by atoms with Crippen molar-refractivity contribution in [2.45, 2.75) is 17.9 Å². The second-order valence-electron chi connectivity index (χ2n) is 7.82. The zero-order valence-corrected chi connectivity index (χ0v) is 20.7. The Morgan fingerprint density at radius 2 is 1.73 bits per heavy atom. The van der Waals surface area contributed by atoms with Crippen LogP contribution in [0.2, 0.25) is 5.15 Å². The molecule has 0 fully saturated rings. The van der Waals surface area contributed by atoms with Gasteiger partial charge in [0.1, 0.15) is 5.15 Å². The Bertz CT molecular complexity index is 1490. The second-order valence-corrected chi connectivity index (χ2v) is 10.9. The van der Waals surface area contributed by atoms with Crippen LogP contribution in [0.4, 0.5) is 0 Å². The Labute approximate surface area is 205 Å². The largest absolute Gasteiger partial charge is 0.304 e. The summed E-state index contributed by atoms with van der Waals surface area (Å²) in [6.07, 6.45) is 1.87. The summed E-state index contributed by atoms with van der Waals surface area (Å²) in [7, 11) is -3.89. The molecule has 1 N–H and O–H groups in total. The third-order valence-corrected chi connectivity index (χ3v) is 8.07. The van der Waals surface area contributed by atoms with E-state index in [1.807, 2.05) is 61.5 Å². The molecule has 0 spiro atoms. The normalized spacial score (nSPS) is 16.6. The van der Waals surface area contributed by atoms with Crippen molar-refractivity contribution in [1.82, 2.24) is 14.8 Å². The summed E-state index contributed by atoms with van der Waals surface area (Å²) in [5, 5.41) is 1.16. The highest BCUT2D eigenvalue weighted by atomic mass is 79.9. The molecule has 1 atom stereocenters. The number of pyridine rings is 1. The van der Waals surface area contributed by atoms with E-state index in [0.29, 0.717) is 11.3 Å². The third kappa shape index (κ3) is 4.17. The number of rotatable bonds is 4. The molecule has 1 aliphatic rings. The molecule has 0 saturated heterocycles. The summed E-state index contributed by atoms with van der Waals surface area (Å²) in [5.41, 5.74) is 7.08. The third-order valence-electron chi connectivity index (χ3n) is 5.54. The van der Waals surface area contributed by atoms with Crippen LogP contribution in [0.5, 0.6) is 0 Å². The first-order valence-electron chi connectivity index (χ1n) is 10.2. The summed E-state index contributed by atoms with van der Waals surface area (Å²) in [6, 6.07) is 23.2. The quantitative estimate of drug-likeness (QED) is 0.311. The van der Waals surface area contributed by atoms with Crippen molar-refractivity contribution in [2.75, 3.05) is 0 Å². The van der Waals surface area contributed by atoms with Gasteiger partial charge in [-0.25, -0.2) is 13.4 Å². The first-order valence-corrected chi connectivity index (χ1v) is 12.8. The van der Waals surface area contributed by atoms with Crippen molar-refractivity contribution in [1.29, 1.82) is 0 Å². The predicted octanol–water partition coefficient (Wildman–Crippen LogP) is 6.25. The van der Waals surface area contributed by atoms with E-state index < -0.39 is 16.1 Å². The molecule has 5 rings (SSSR count). The molecule has 0 unspecified atom stereocenters. The van der Waals surface area contributed by atoms with Gasteiger partial charge in [-0.3, -0.25) is 0 Å². The lowest BCUT2D eigenvalue weighted by atomic mass is 10.0. The van der Waals surface area contributed by atoms with Gasteiger partial charge in [-0.05, 0) is 60.5 Å². The highest BCUT2D eigenvalue weighted by molar-refractivity contribution is 9.10. The van der Waals surface area contributed by atoms with Gasteiger partial charge in [-0.1, -0.05) is 70.0 Å². The SMILES string of the molecule is Cc1ccc2cc([C@H]3C=C(c4ccc(Br)cc4)NN3S(=O)(=O)c3ccccc3)c(Cl)nc2c1. The lowest BCUT2D eigenvalue weighted by Gasteiger charge is -2.25. The van der Waals surface area contributed by atoms with E-state index >= 15 is 0 Å². The van der Waals surface area contributed by atoms with Crippen molar-refractivity contribution in [3.05, 3.63) is 111 Å². The number of aryl methyl sites for hydroxylation is 1. The highest BCUT2D eigenvalue weighted by Gasteiger charge is 2.38. The molecule has 8 heteroatoms. The summed E-state index contributed by atoms with van der Waals surface area (Å²) < 4.78 is 29.4. The Morgan fingerprint density at radius 3 is 2.45 bits per heavy atom. The molecule has 5 nitrogen and oxygen atoms in total. The molecule has 1 aromatic heterocycles. The number of hydrogen-bond acceptors (Lipinski definition) is 4. The summed E-state index contributed by atoms with van der Waals surface area (Å²) >= 11 is 10.1. The zero-order chi connectivity index (χ0) is 23.2. The minimum Gasteiger partial charge on any atom is -0.304 e. The number of halogens is 2. The fraction of sp³-hybridized carbons (Fsp3) is 0.0800. The van der Waals surface area contributed by atoms with Gasteiger partial charge in [-0.15, -0.1) is 4.41 Å². The van der Waals surface area contributed by atoms with Gasteiger partial charge in [0.25, 0.3) is 10.0 Å². The summed E-state index contributed by atoms with van der Waals surface area (Å²) in [4.78, 5) is 4.75. The van der Waals surface area contributed by atoms with Crippen LogP contribution in [-0.2, 0) is 10.0 Å². The molecule has 2 heterocycles. The monoisotopic (exact) mass is 539 g/mol. The van der Waals surface area contributed by atoms with Crippen LogP contribution in [0.25, 0.3) is 16.6 Å². The van der Waals surface area contributed by atoms with Gasteiger partial charge >= 0.3 is 0 Å². The minimum absolute atomic E-state index is 0.188. The maximum Gasteiger partial charge on any atom is 0.260 e. The van der Waals surface area contributed by atoms with Crippen molar-refractivity contribution in [3.8, 4) is 0 Å². The number of aromatic nitrogens is 1. The minimum atomic E-state index is -3.89. The van der Waals surface area contributed by atoms with Crippen molar-refractivity contribution >= 4 is 54.2 Å². The number of hydrogen-bond donors (Lipinski definition) is 1. The molecule has 166 valence electrons. The van der Waals surface area contributed by atoms with Gasteiger partial charge in [0.2, 0.25) is 0 Å². The molecule has 0 radical (unpaired) electrons. The smallest absolute Gasteiger partial charge is 0.260 e. The van der Waals surface area contributed by atoms with E-state index in [2.05, 4.69) is 26.3 Å². The van der Waals surface area contributed by atoms with Crippen molar-refractivity contribution in [2.24, 2.45) is 0 Å². The number of sulfonamides is 1. The van der Waals surface area contributed by atoms with Gasteiger partial charge < -0.3 is 5.43 Å². The van der Waals surface area contributed by atoms with Crippen LogP contribution in [0.15, 0.2) is 94.3 Å². The number of hydrazine groups is 1. The van der Waals surface area contributed by atoms with Crippen LogP contribution < -0.4 is 5.43 Å². The first-order chi connectivity index (χ1) is 15.8. The molecule has 1 aliphatic heterocycles. The van der Waals surface area contributed by atoms with Crippen LogP contribution in [0.1, 0.15) is 22.7 Å². The number of nitrogens with one attached hydrogen (secondary N) is 1. The average Bonchev–Trinajstić information content (AvgIpc) is 3.26. The number of nitrogens with zero attached hydrogens (tertiary/aromatic N) is 2. The summed E-state index contributed by atoms with van der Waals surface area (Å²) in [6.45, 7) is 1.99. The molecule has 4 aromatic rings. The average molecular weight is 541 g/mol. The lowest BCUT2D eigenvalue weighted by Crippen LogP contribution is -2.39. The first kappa shape index (κ1) is 22.1. The molecule has 0 bridgehead atoms. The Kier molecular flexibility index (Phi) is 5.74. The van der Waals surface area contributed by atoms with Crippen LogP contribution in [0, 0.1) is 6.92 Å². The lowest BCUT2D eigenvalue weighted by molar-refractivity contribution is 0.348. The fourth-order valence-electron chi connectivity index (χ4n) is 3.85. The van der Waals surface area contributed by atoms with E-state index in [1.165, 1.54) is 4.41 Å². The molecule has 0 saturated carbocycles. The standard InChI is InChI=1S/C25H19BrClN3O2S/c1-16-7-8-18-14-21(25(27)28-22(18)13-16)24-15-23(17-9-11-19(26)12-10-17)29-30(24)33(31,32)20-5-3-2-4-6-20/h2-15,24,29H,1H3/t24-/m1/s1. The van der Waals surface area contributed by atoms with Gasteiger partial charge in [0, 0.05) is 15.4 Å². The molecular weight excluding hydrogens is 522 g/mol. The highest BCUT2D eigenvalue weighted by Crippen LogP contribution is 2.39. The number of fused-ring (bicyclic) bond motifs is 1. The maximum absolute atomic E-state index is 13.6. The molecule has 3 aromatic carbocycles. The fourth-order valence-corrected chi connectivity index (χ4v) is 5.79. The Morgan fingerprint density at radius 1 is 1.00 bits per heavy atom. The van der Waals surface area contributed by atoms with E-state index in [0.717, 1.165) is 26.5 Å². The van der Waals surface area contributed by atoms with Gasteiger partial charge in [0.15, 0.2) is 0 Å². The Hall–Kier alpha value is -2.71. The van der Waals surface area contributed by atoms with Crippen LogP contribution in [-0.4, -0.2) is 17.8 Å². The Balaban J connectivity index is 1.66. The van der Waals surface area contributed by atoms with Gasteiger partial charge in [0.05, 0.1) is 22.2 Å². The van der Waals surface area contributed by atoms with Crippen LogP contribution in [0.3, 0.4) is 0 Å². The van der Waals surface area contributed by atoms with E-state index in [9.17, 15) is 8.42 Å². The van der Waals surface area contributed by atoms with Crippen molar-refractivity contribution in [3.63, 3.8) is 0 Å². The van der Waals surface area contributed by atoms with E-state index in [4.69, 9.17) is 11.6 Å². The molecule has 0 aliphatic carbocycles. The predicted molar refractivity (Wildman–Crippen MR) is 135 cm³/mol. The van der Waals surface area contributed by atoms with E-state index in [1.54, 1.807) is 30.3 Å². The van der Waals surface area contributed by atoms with E-state index in [-0.39, 0.29) is 10.0 Å². The molecule has 33 heavy (non-hydrogen) atoms. The van der Waals surface area contributed by atoms with Gasteiger partial charge in [-0.2, -0.15) is 0 Å². The van der Waals surface area contributed by atoms with Crippen LogP contribution >= 0.6 is 27.5 Å². The zero-order valence-electron chi connectivity index (χ0n) is 17.5. The number of benzene rings is 3.